The zero-order chi connectivity index (χ0) is 20.7. The molecule has 0 saturated carbocycles. The second kappa shape index (κ2) is 6.93. The Hall–Kier alpha value is -2.88. The first-order chi connectivity index (χ1) is 13.0. The van der Waals surface area contributed by atoms with E-state index in [2.05, 4.69) is 15.3 Å². The van der Waals surface area contributed by atoms with Crippen LogP contribution in [0.1, 0.15) is 35.2 Å². The van der Waals surface area contributed by atoms with Gasteiger partial charge in [0.2, 0.25) is 5.75 Å². The van der Waals surface area contributed by atoms with Gasteiger partial charge in [-0.2, -0.15) is 0 Å². The van der Waals surface area contributed by atoms with Crippen LogP contribution in [-0.4, -0.2) is 45.4 Å². The van der Waals surface area contributed by atoms with Gasteiger partial charge in [0.05, 0.1) is 12.1 Å². The van der Waals surface area contributed by atoms with Gasteiger partial charge in [-0.1, -0.05) is 12.1 Å². The van der Waals surface area contributed by atoms with E-state index in [1.54, 1.807) is 0 Å². The molecule has 0 radical (unpaired) electrons. The second-order valence-electron chi connectivity index (χ2n) is 7.12. The average molecular weight is 396 g/mol. The summed E-state index contributed by atoms with van der Waals surface area (Å²) in [6.07, 6.45) is -0.618. The lowest BCUT2D eigenvalue weighted by atomic mass is 9.97. The first-order valence-electron chi connectivity index (χ1n) is 8.47. The maximum Gasteiger partial charge on any atom is 0.293 e. The van der Waals surface area contributed by atoms with Crippen LogP contribution in [0.25, 0.3) is 0 Å². The number of nitrogens with one attached hydrogen (secondary N) is 2. The van der Waals surface area contributed by atoms with Crippen LogP contribution in [0.4, 0.5) is 13.2 Å². The number of halogens is 3. The van der Waals surface area contributed by atoms with Crippen molar-refractivity contribution in [3.8, 4) is 5.75 Å². The van der Waals surface area contributed by atoms with E-state index in [9.17, 15) is 27.9 Å². The lowest BCUT2D eigenvalue weighted by molar-refractivity contribution is 0.0159. The standard InChI is InChI=1S/C18H19F3N4O3/c1-17(8-18(20,21)9-22-17)16-23-12(13(26)14(27)24-16)15(28)25(2)7-10-3-5-11(19)6-4-10/h3-6,22,26H,7-9H2,1-2H3,(H,23,24,27)/t17-/m0/s1. The van der Waals surface area contributed by atoms with Crippen LogP contribution in [0.5, 0.6) is 5.75 Å². The molecule has 0 aliphatic carbocycles. The van der Waals surface area contributed by atoms with Gasteiger partial charge in [0.25, 0.3) is 17.4 Å². The molecule has 150 valence electrons. The predicted octanol–water partition coefficient (Wildman–Crippen LogP) is 1.73. The Balaban J connectivity index is 1.90. The maximum atomic E-state index is 13.6. The van der Waals surface area contributed by atoms with Crippen molar-refractivity contribution in [3.63, 3.8) is 0 Å². The zero-order valence-electron chi connectivity index (χ0n) is 15.2. The van der Waals surface area contributed by atoms with E-state index in [1.165, 1.54) is 43.1 Å². The Labute approximate surface area is 158 Å². The van der Waals surface area contributed by atoms with Crippen LogP contribution < -0.4 is 10.9 Å². The molecule has 0 spiro atoms. The van der Waals surface area contributed by atoms with Crippen LogP contribution in [-0.2, 0) is 12.1 Å². The highest BCUT2D eigenvalue weighted by Crippen LogP contribution is 2.37. The molecule has 1 saturated heterocycles. The normalized spacial score (nSPS) is 20.9. The fourth-order valence-corrected chi connectivity index (χ4v) is 3.13. The van der Waals surface area contributed by atoms with Gasteiger partial charge in [0.1, 0.15) is 11.6 Å². The lowest BCUT2D eigenvalue weighted by Gasteiger charge is -2.24. The first-order valence-corrected chi connectivity index (χ1v) is 8.47. The maximum absolute atomic E-state index is 13.6. The second-order valence-corrected chi connectivity index (χ2v) is 7.12. The predicted molar refractivity (Wildman–Crippen MR) is 93.6 cm³/mol. The molecule has 2 heterocycles. The molecule has 3 N–H and O–H groups in total. The van der Waals surface area contributed by atoms with Crippen LogP contribution in [0.2, 0.25) is 0 Å². The summed E-state index contributed by atoms with van der Waals surface area (Å²) in [6, 6.07) is 5.45. The molecule has 1 aliphatic rings. The van der Waals surface area contributed by atoms with Crippen molar-refractivity contribution in [1.82, 2.24) is 20.2 Å². The molecule has 3 rings (SSSR count). The molecular weight excluding hydrogens is 377 g/mol. The summed E-state index contributed by atoms with van der Waals surface area (Å²) >= 11 is 0. The molecule has 1 aromatic heterocycles. The molecule has 1 aromatic carbocycles. The number of amides is 1. The van der Waals surface area contributed by atoms with Crippen molar-refractivity contribution in [2.45, 2.75) is 31.4 Å². The van der Waals surface area contributed by atoms with Crippen molar-refractivity contribution in [2.24, 2.45) is 0 Å². The smallest absolute Gasteiger partial charge is 0.293 e. The molecule has 1 atom stereocenters. The third-order valence-electron chi connectivity index (χ3n) is 4.65. The number of aromatic nitrogens is 2. The van der Waals surface area contributed by atoms with E-state index >= 15 is 0 Å². The Morgan fingerprint density at radius 3 is 2.54 bits per heavy atom. The van der Waals surface area contributed by atoms with Crippen molar-refractivity contribution >= 4 is 5.91 Å². The van der Waals surface area contributed by atoms with E-state index in [4.69, 9.17) is 0 Å². The number of benzene rings is 1. The Kier molecular flexibility index (Phi) is 4.92. The molecule has 10 heteroatoms. The SMILES string of the molecule is CN(Cc1ccc(F)cc1)C(=O)c1nc([C@]2(C)CC(F)(F)CN2)[nH]c(=O)c1O. The van der Waals surface area contributed by atoms with Gasteiger partial charge in [-0.05, 0) is 24.6 Å². The summed E-state index contributed by atoms with van der Waals surface area (Å²) in [6.45, 7) is 0.900. The molecule has 0 bridgehead atoms. The average Bonchev–Trinajstić information content (AvgIpc) is 2.92. The molecule has 1 fully saturated rings. The minimum absolute atomic E-state index is 0.0654. The number of H-pyrrole nitrogens is 1. The molecular formula is C18H19F3N4O3. The summed E-state index contributed by atoms with van der Waals surface area (Å²) in [7, 11) is 1.41. The number of aromatic amines is 1. The van der Waals surface area contributed by atoms with Gasteiger partial charge in [-0.3, -0.25) is 14.9 Å². The molecule has 28 heavy (non-hydrogen) atoms. The van der Waals surface area contributed by atoms with E-state index in [-0.39, 0.29) is 12.4 Å². The van der Waals surface area contributed by atoms with Gasteiger partial charge in [-0.15, -0.1) is 0 Å². The minimum atomic E-state index is -2.99. The molecule has 7 nitrogen and oxygen atoms in total. The number of rotatable bonds is 4. The van der Waals surface area contributed by atoms with E-state index in [0.29, 0.717) is 5.56 Å². The zero-order valence-corrected chi connectivity index (χ0v) is 15.2. The van der Waals surface area contributed by atoms with Crippen molar-refractivity contribution in [2.75, 3.05) is 13.6 Å². The molecule has 1 amide bonds. The van der Waals surface area contributed by atoms with Gasteiger partial charge in [-0.25, -0.2) is 18.2 Å². The van der Waals surface area contributed by atoms with Crippen molar-refractivity contribution in [3.05, 3.63) is 57.5 Å². The van der Waals surface area contributed by atoms with Crippen LogP contribution in [0, 0.1) is 5.82 Å². The third kappa shape index (κ3) is 3.86. The molecule has 2 aromatic rings. The highest BCUT2D eigenvalue weighted by Gasteiger charge is 2.49. The molecule has 1 aliphatic heterocycles. The number of aromatic hydroxyl groups is 1. The third-order valence-corrected chi connectivity index (χ3v) is 4.65. The topological polar surface area (TPSA) is 98.3 Å². The Morgan fingerprint density at radius 1 is 1.32 bits per heavy atom. The van der Waals surface area contributed by atoms with Crippen molar-refractivity contribution < 1.29 is 23.1 Å². The van der Waals surface area contributed by atoms with E-state index < -0.39 is 53.2 Å². The van der Waals surface area contributed by atoms with Gasteiger partial charge >= 0.3 is 0 Å². The Bertz CT molecular complexity index is 962. The van der Waals surface area contributed by atoms with Gasteiger partial charge in [0, 0.05) is 20.0 Å². The van der Waals surface area contributed by atoms with E-state index in [1.807, 2.05) is 0 Å². The Morgan fingerprint density at radius 2 is 1.96 bits per heavy atom. The highest BCUT2D eigenvalue weighted by atomic mass is 19.3. The van der Waals surface area contributed by atoms with Gasteiger partial charge in [0.15, 0.2) is 5.69 Å². The highest BCUT2D eigenvalue weighted by molar-refractivity contribution is 5.94. The summed E-state index contributed by atoms with van der Waals surface area (Å²) in [5, 5.41) is 12.6. The lowest BCUT2D eigenvalue weighted by Crippen LogP contribution is -2.38. The van der Waals surface area contributed by atoms with E-state index in [0.717, 1.165) is 0 Å². The number of alkyl halides is 2. The summed E-state index contributed by atoms with van der Waals surface area (Å²) in [4.78, 5) is 32.2. The largest absolute Gasteiger partial charge is 0.501 e. The fourth-order valence-electron chi connectivity index (χ4n) is 3.13. The number of carbonyl (C=O) groups excluding carboxylic acids is 1. The summed E-state index contributed by atoms with van der Waals surface area (Å²) in [5.74, 6) is -5.25. The number of nitrogens with zero attached hydrogens (tertiary/aromatic N) is 2. The number of hydrogen-bond donors (Lipinski definition) is 3. The quantitative estimate of drug-likeness (QED) is 0.731. The van der Waals surface area contributed by atoms with Crippen molar-refractivity contribution in [1.29, 1.82) is 0 Å². The van der Waals surface area contributed by atoms with Crippen LogP contribution in [0.3, 0.4) is 0 Å². The van der Waals surface area contributed by atoms with Gasteiger partial charge < -0.3 is 15.0 Å². The monoisotopic (exact) mass is 396 g/mol. The summed E-state index contributed by atoms with van der Waals surface area (Å²) in [5.41, 5.74) is -2.28. The number of carbonyl (C=O) groups is 1. The van der Waals surface area contributed by atoms with Crippen LogP contribution >= 0.6 is 0 Å². The van der Waals surface area contributed by atoms with Crippen LogP contribution in [0.15, 0.2) is 29.1 Å². The minimum Gasteiger partial charge on any atom is -0.501 e. The first kappa shape index (κ1) is 19.9. The summed E-state index contributed by atoms with van der Waals surface area (Å²) < 4.78 is 40.3. The fraction of sp³-hybridized carbons (Fsp3) is 0.389. The number of hydrogen-bond acceptors (Lipinski definition) is 5. The molecule has 0 unspecified atom stereocenters.